The number of hydrogen-bond acceptors (Lipinski definition) is 4. The van der Waals surface area contributed by atoms with Gasteiger partial charge in [-0.25, -0.2) is 0 Å². The number of aliphatic imine (C=N–C) groups is 1. The van der Waals surface area contributed by atoms with E-state index in [-0.39, 0.29) is 24.0 Å². The number of nitrogens with two attached hydrogens (primary N) is 1. The largest absolute Gasteiger partial charge is 0.370 e. The van der Waals surface area contributed by atoms with E-state index >= 15 is 0 Å². The summed E-state index contributed by atoms with van der Waals surface area (Å²) in [6.45, 7) is 10.3. The standard InChI is InChI=1S/C21H34N6S.HI/c1-6-16-10-8-11-17(7-2)19(16)24-20(22)23-13-9-12-18-25-26-21(28-5)27(18)14-15(3)4;/h8,10-11,15H,6-7,9,12-14H2,1-5H3,(H3,22,23,24);1H. The molecule has 0 unspecified atom stereocenters. The Morgan fingerprint density at radius 1 is 1.21 bits per heavy atom. The zero-order valence-corrected chi connectivity index (χ0v) is 21.4. The Morgan fingerprint density at radius 3 is 2.41 bits per heavy atom. The van der Waals surface area contributed by atoms with Crippen LogP contribution in [0, 0.1) is 5.92 Å². The first-order valence-electron chi connectivity index (χ1n) is 10.1. The molecule has 0 atom stereocenters. The lowest BCUT2D eigenvalue weighted by Crippen LogP contribution is -2.24. The predicted molar refractivity (Wildman–Crippen MR) is 136 cm³/mol. The predicted octanol–water partition coefficient (Wildman–Crippen LogP) is 4.76. The summed E-state index contributed by atoms with van der Waals surface area (Å²) in [5.41, 5.74) is 9.80. The van der Waals surface area contributed by atoms with Crippen molar-refractivity contribution in [2.24, 2.45) is 16.6 Å². The molecule has 1 aromatic carbocycles. The van der Waals surface area contributed by atoms with Crippen molar-refractivity contribution in [3.8, 4) is 0 Å². The number of para-hydroxylation sites is 1. The van der Waals surface area contributed by atoms with Gasteiger partial charge in [0.05, 0.1) is 0 Å². The fraction of sp³-hybridized carbons (Fsp3) is 0.571. The summed E-state index contributed by atoms with van der Waals surface area (Å²) in [7, 11) is 0. The number of nitrogens with zero attached hydrogens (tertiary/aromatic N) is 4. The van der Waals surface area contributed by atoms with Crippen LogP contribution in [0.3, 0.4) is 0 Å². The monoisotopic (exact) mass is 530 g/mol. The second-order valence-corrected chi connectivity index (χ2v) is 8.03. The molecule has 6 nitrogen and oxygen atoms in total. The van der Waals surface area contributed by atoms with Crippen molar-refractivity contribution in [1.82, 2.24) is 14.8 Å². The molecular formula is C21H35IN6S. The van der Waals surface area contributed by atoms with Crippen LogP contribution in [0.2, 0.25) is 0 Å². The quantitative estimate of drug-likeness (QED) is 0.152. The zero-order valence-electron chi connectivity index (χ0n) is 18.2. The van der Waals surface area contributed by atoms with Gasteiger partial charge in [0, 0.05) is 25.2 Å². The number of nitrogens with one attached hydrogen (secondary N) is 1. The minimum atomic E-state index is 0. The minimum Gasteiger partial charge on any atom is -0.370 e. The number of thioether (sulfide) groups is 1. The molecule has 0 saturated heterocycles. The van der Waals surface area contributed by atoms with Gasteiger partial charge in [0.1, 0.15) is 5.82 Å². The van der Waals surface area contributed by atoms with Gasteiger partial charge in [-0.05, 0) is 42.6 Å². The van der Waals surface area contributed by atoms with E-state index in [4.69, 9.17) is 5.73 Å². The Morgan fingerprint density at radius 2 is 1.86 bits per heavy atom. The second-order valence-electron chi connectivity index (χ2n) is 7.26. The van der Waals surface area contributed by atoms with E-state index in [2.05, 4.69) is 71.0 Å². The van der Waals surface area contributed by atoms with Crippen LogP contribution in [0.15, 0.2) is 28.3 Å². The molecule has 2 rings (SSSR count). The SMILES string of the molecule is CCc1cccc(CC)c1NC(N)=NCCCc1nnc(SC)n1CC(C)C.I. The lowest BCUT2D eigenvalue weighted by atomic mass is 10.0. The number of hydrogen-bond donors (Lipinski definition) is 2. The highest BCUT2D eigenvalue weighted by molar-refractivity contribution is 14.0. The topological polar surface area (TPSA) is 81.1 Å². The second kappa shape index (κ2) is 13.1. The molecule has 0 radical (unpaired) electrons. The molecule has 3 N–H and O–H groups in total. The number of aryl methyl sites for hydroxylation is 3. The van der Waals surface area contributed by atoms with Gasteiger partial charge >= 0.3 is 0 Å². The Hall–Kier alpha value is -1.29. The van der Waals surface area contributed by atoms with Gasteiger partial charge in [0.15, 0.2) is 11.1 Å². The highest BCUT2D eigenvalue weighted by Crippen LogP contribution is 2.22. The van der Waals surface area contributed by atoms with Crippen LogP contribution in [-0.4, -0.2) is 33.5 Å². The number of benzene rings is 1. The minimum absolute atomic E-state index is 0. The van der Waals surface area contributed by atoms with Gasteiger partial charge in [-0.3, -0.25) is 4.99 Å². The third kappa shape index (κ3) is 7.47. The summed E-state index contributed by atoms with van der Waals surface area (Å²) in [6, 6.07) is 6.38. The van der Waals surface area contributed by atoms with E-state index in [0.29, 0.717) is 18.4 Å². The molecule has 0 spiro atoms. The van der Waals surface area contributed by atoms with Crippen LogP contribution in [0.5, 0.6) is 0 Å². The number of halogens is 1. The number of aromatic nitrogens is 3. The Balaban J connectivity index is 0.00000420. The Bertz CT molecular complexity index is 765. The smallest absolute Gasteiger partial charge is 0.193 e. The fourth-order valence-corrected chi connectivity index (χ4v) is 3.73. The van der Waals surface area contributed by atoms with E-state index in [9.17, 15) is 0 Å². The summed E-state index contributed by atoms with van der Waals surface area (Å²) in [4.78, 5) is 4.52. The van der Waals surface area contributed by atoms with Crippen LogP contribution < -0.4 is 11.1 Å². The average molecular weight is 531 g/mol. The van der Waals surface area contributed by atoms with E-state index in [0.717, 1.165) is 48.9 Å². The van der Waals surface area contributed by atoms with Crippen molar-refractivity contribution >= 4 is 47.4 Å². The van der Waals surface area contributed by atoms with E-state index in [1.807, 2.05) is 6.26 Å². The maximum absolute atomic E-state index is 6.16. The summed E-state index contributed by atoms with van der Waals surface area (Å²) in [5.74, 6) is 2.07. The molecule has 8 heteroatoms. The normalized spacial score (nSPS) is 11.6. The third-order valence-electron chi connectivity index (χ3n) is 4.62. The van der Waals surface area contributed by atoms with Crippen LogP contribution in [0.4, 0.5) is 5.69 Å². The lowest BCUT2D eigenvalue weighted by Gasteiger charge is -2.15. The van der Waals surface area contributed by atoms with Crippen LogP contribution in [0.1, 0.15) is 51.1 Å². The molecule has 1 aromatic heterocycles. The average Bonchev–Trinajstić information content (AvgIpc) is 3.06. The van der Waals surface area contributed by atoms with Gasteiger partial charge in [0.2, 0.25) is 0 Å². The molecule has 162 valence electrons. The number of rotatable bonds is 10. The molecule has 0 saturated carbocycles. The lowest BCUT2D eigenvalue weighted by molar-refractivity contribution is 0.477. The van der Waals surface area contributed by atoms with E-state index < -0.39 is 0 Å². The zero-order chi connectivity index (χ0) is 20.5. The molecule has 0 aliphatic heterocycles. The van der Waals surface area contributed by atoms with Crippen LogP contribution in [-0.2, 0) is 25.8 Å². The number of guanidine groups is 1. The Labute approximate surface area is 196 Å². The summed E-state index contributed by atoms with van der Waals surface area (Å²) in [6.07, 6.45) is 5.71. The first kappa shape index (κ1) is 25.7. The van der Waals surface area contributed by atoms with E-state index in [1.54, 1.807) is 11.8 Å². The van der Waals surface area contributed by atoms with Crippen molar-refractivity contribution in [2.75, 3.05) is 18.1 Å². The van der Waals surface area contributed by atoms with Gasteiger partial charge in [-0.1, -0.05) is 57.7 Å². The van der Waals surface area contributed by atoms with Crippen LogP contribution in [0.25, 0.3) is 0 Å². The maximum atomic E-state index is 6.16. The fourth-order valence-electron chi connectivity index (χ4n) is 3.21. The van der Waals surface area contributed by atoms with Crippen molar-refractivity contribution in [2.45, 2.75) is 65.1 Å². The highest BCUT2D eigenvalue weighted by atomic mass is 127. The van der Waals surface area contributed by atoms with Gasteiger partial charge in [-0.2, -0.15) is 0 Å². The molecule has 0 aliphatic rings. The summed E-state index contributed by atoms with van der Waals surface area (Å²) < 4.78 is 2.23. The van der Waals surface area contributed by atoms with Crippen molar-refractivity contribution in [3.63, 3.8) is 0 Å². The molecule has 0 fully saturated rings. The third-order valence-corrected chi connectivity index (χ3v) is 5.28. The highest BCUT2D eigenvalue weighted by Gasteiger charge is 2.12. The van der Waals surface area contributed by atoms with Crippen molar-refractivity contribution < 1.29 is 0 Å². The van der Waals surface area contributed by atoms with E-state index in [1.165, 1.54) is 11.1 Å². The van der Waals surface area contributed by atoms with Gasteiger partial charge in [-0.15, -0.1) is 34.2 Å². The molecule has 0 aliphatic carbocycles. The van der Waals surface area contributed by atoms with Crippen LogP contribution >= 0.6 is 35.7 Å². The first-order valence-corrected chi connectivity index (χ1v) is 11.4. The maximum Gasteiger partial charge on any atom is 0.193 e. The molecule has 0 amide bonds. The number of anilines is 1. The molecule has 0 bridgehead atoms. The molecule has 1 heterocycles. The molecule has 2 aromatic rings. The Kier molecular flexibility index (Phi) is 11.6. The molecule has 29 heavy (non-hydrogen) atoms. The van der Waals surface area contributed by atoms with Gasteiger partial charge in [0.25, 0.3) is 0 Å². The first-order chi connectivity index (χ1) is 13.5. The summed E-state index contributed by atoms with van der Waals surface area (Å²) >= 11 is 1.64. The van der Waals surface area contributed by atoms with Crippen molar-refractivity contribution in [1.29, 1.82) is 0 Å². The molecular weight excluding hydrogens is 495 g/mol. The van der Waals surface area contributed by atoms with Gasteiger partial charge < -0.3 is 15.6 Å². The summed E-state index contributed by atoms with van der Waals surface area (Å²) in [5, 5.41) is 13.0. The van der Waals surface area contributed by atoms with Crippen molar-refractivity contribution in [3.05, 3.63) is 35.2 Å².